The van der Waals surface area contributed by atoms with Crippen LogP contribution < -0.4 is 74.3 Å². The highest BCUT2D eigenvalue weighted by Crippen LogP contribution is 2.30. The molecule has 0 spiro atoms. The first-order valence-corrected chi connectivity index (χ1v) is 39.7. The second-order valence-electron chi connectivity index (χ2n) is 26.7. The Bertz CT molecular complexity index is 3850. The van der Waals surface area contributed by atoms with Crippen LogP contribution in [0.5, 0.6) is 23.0 Å². The summed E-state index contributed by atoms with van der Waals surface area (Å²) in [6.45, 7) is 4.20. The fourth-order valence-electron chi connectivity index (χ4n) is 11.0. The van der Waals surface area contributed by atoms with Gasteiger partial charge in [-0.15, -0.1) is 5.10 Å². The molecule has 0 aliphatic carbocycles. The number of hydrogen-bond acceptors (Lipinski definition) is 22. The predicted octanol–water partition coefficient (Wildman–Crippen LogP) is 9.89. The van der Waals surface area contributed by atoms with E-state index in [1.165, 1.54) is 0 Å². The number of carbonyl (C=O) groups is 5. The number of amides is 4. The molecule has 4 amide bonds. The molecule has 0 saturated heterocycles. The number of phenols is 3. The Kier molecular flexibility index (Phi) is 46.6. The predicted molar refractivity (Wildman–Crippen MR) is 438 cm³/mol. The molecule has 632 valence electrons. The van der Waals surface area contributed by atoms with Crippen molar-refractivity contribution in [3.8, 4) is 23.0 Å². The average Bonchev–Trinajstić information content (AvgIpc) is 0.981. The van der Waals surface area contributed by atoms with Crippen molar-refractivity contribution in [1.29, 1.82) is 5.53 Å². The lowest BCUT2D eigenvalue weighted by atomic mass is 9.83. The zero-order chi connectivity index (χ0) is 83.3. The molecule has 4 aromatic carbocycles. The lowest BCUT2D eigenvalue weighted by Gasteiger charge is -2.35. The van der Waals surface area contributed by atoms with Crippen LogP contribution in [0, 0.1) is 34.6 Å². The van der Waals surface area contributed by atoms with Gasteiger partial charge in [-0.25, -0.2) is 18.7 Å². The van der Waals surface area contributed by atoms with Gasteiger partial charge in [-0.3, -0.25) is 28.7 Å². The molecule has 0 bridgehead atoms. The van der Waals surface area contributed by atoms with Crippen molar-refractivity contribution in [3.05, 3.63) is 138 Å². The van der Waals surface area contributed by atoms with Gasteiger partial charge in [0, 0.05) is 131 Å². The number of anilines is 3. The standard InChI is InChI=1S/C77H109F5N18O12S3/c78-68-69(79)71(81)73(72(82)70(68)80)112-67(108)32-46-110-48-50-111-49-47-109-45-31-66(107)96-77(33-28-63(104)87-38-9-7-36-85-51-54(83)13-1-4-41-90-74(113)93-55-16-22-60(101)23-17-55,34-29-64(105)88-39-10-8-37-86-52-58(97-84)14-2-5-42-91-75(114)94-56-18-24-61(102)25-19-56)35-30-65(106)89-40-11-12-44-100-53-59(98-99-100)15-3-6-43-92-76(115)95-57-20-26-62(103)27-21-57/h16-27,51-53,84-86,101-103H,1-15,28-50,83H2,(H,87,104)(H,88,105)(H,89,106)(H,96,107)(H2,90,93,113)(H2,91,94,114)(H2,92,95,115)/b54-51-,58-52-,97-84?. The van der Waals surface area contributed by atoms with E-state index in [4.69, 9.17) is 62.1 Å². The molecular formula is C77H109F5N18O12S3. The van der Waals surface area contributed by atoms with E-state index < -0.39 is 58.7 Å². The number of allylic oxidation sites excluding steroid dienone is 2. The quantitative estimate of drug-likeness (QED) is 0.00198. The minimum Gasteiger partial charge on any atom is -0.508 e. The van der Waals surface area contributed by atoms with Crippen LogP contribution in [0.2, 0.25) is 0 Å². The normalized spacial score (nSPS) is 11.8. The Labute approximate surface area is 682 Å². The zero-order valence-corrected chi connectivity index (χ0v) is 67.0. The van der Waals surface area contributed by atoms with Crippen molar-refractivity contribution >= 4 is 98.7 Å². The number of phenolic OH excluding ortho intramolecular Hbond substituents is 3. The number of nitrogens with one attached hydrogen (secondary N) is 13. The van der Waals surface area contributed by atoms with Gasteiger partial charge in [-0.2, -0.15) is 13.9 Å². The number of rotatable bonds is 59. The maximum atomic E-state index is 14.0. The summed E-state index contributed by atoms with van der Waals surface area (Å²) in [4.78, 5) is 67.3. The van der Waals surface area contributed by atoms with Crippen LogP contribution in [-0.2, 0) is 51.1 Å². The number of aryl methyl sites for hydroxylation is 2. The van der Waals surface area contributed by atoms with Crippen LogP contribution in [-0.4, -0.2) is 173 Å². The third-order valence-electron chi connectivity index (χ3n) is 17.4. The van der Waals surface area contributed by atoms with Gasteiger partial charge in [0.25, 0.3) is 0 Å². The van der Waals surface area contributed by atoms with Crippen molar-refractivity contribution in [3.63, 3.8) is 0 Å². The molecule has 0 saturated carbocycles. The van der Waals surface area contributed by atoms with Crippen LogP contribution in [0.1, 0.15) is 147 Å². The minimum absolute atomic E-state index is 0.00774. The minimum atomic E-state index is -2.40. The molecule has 0 fully saturated rings. The first kappa shape index (κ1) is 95.4. The zero-order valence-electron chi connectivity index (χ0n) is 64.5. The molecule has 0 aliphatic heterocycles. The molecule has 1 atom stereocenters. The van der Waals surface area contributed by atoms with Gasteiger partial charge in [0.1, 0.15) is 17.2 Å². The van der Waals surface area contributed by atoms with Gasteiger partial charge in [-0.05, 0) is 225 Å². The third kappa shape index (κ3) is 42.2. The van der Waals surface area contributed by atoms with Gasteiger partial charge in [0.05, 0.1) is 57.5 Å². The third-order valence-corrected chi connectivity index (χ3v) is 18.1. The Morgan fingerprint density at radius 3 is 1.33 bits per heavy atom. The highest BCUT2D eigenvalue weighted by atomic mass is 32.1. The number of aromatic nitrogens is 3. The summed E-state index contributed by atoms with van der Waals surface area (Å²) in [7, 11) is 0. The molecular weight excluding hydrogens is 1560 g/mol. The number of carbonyl (C=O) groups excluding carboxylic acids is 5. The number of halogens is 5. The van der Waals surface area contributed by atoms with Crippen molar-refractivity contribution in [2.24, 2.45) is 10.8 Å². The summed E-state index contributed by atoms with van der Waals surface area (Å²) in [6, 6.07) is 19.7. The van der Waals surface area contributed by atoms with Crippen molar-refractivity contribution in [1.82, 2.24) is 62.8 Å². The number of benzene rings is 4. The average molecular weight is 1670 g/mol. The smallest absolute Gasteiger partial charge is 0.313 e. The van der Waals surface area contributed by atoms with E-state index in [2.05, 4.69) is 84.0 Å². The van der Waals surface area contributed by atoms with Crippen molar-refractivity contribution in [2.75, 3.05) is 108 Å². The van der Waals surface area contributed by atoms with Gasteiger partial charge in [0.15, 0.2) is 15.3 Å². The monoisotopic (exact) mass is 1670 g/mol. The second kappa shape index (κ2) is 56.2. The lowest BCUT2D eigenvalue weighted by molar-refractivity contribution is -0.136. The Morgan fingerprint density at radius 2 is 0.861 bits per heavy atom. The molecule has 30 nitrogen and oxygen atoms in total. The largest absolute Gasteiger partial charge is 0.508 e. The molecule has 115 heavy (non-hydrogen) atoms. The topological polar surface area (TPSA) is 420 Å². The Hall–Kier alpha value is -10.2. The highest BCUT2D eigenvalue weighted by Gasteiger charge is 2.34. The van der Waals surface area contributed by atoms with E-state index in [0.29, 0.717) is 143 Å². The van der Waals surface area contributed by atoms with Crippen molar-refractivity contribution < 1.29 is 80.2 Å². The van der Waals surface area contributed by atoms with Crippen LogP contribution >= 0.6 is 36.7 Å². The molecule has 1 aromatic heterocycles. The fourth-order valence-corrected chi connectivity index (χ4v) is 11.7. The molecule has 18 N–H and O–H groups in total. The van der Waals surface area contributed by atoms with Crippen LogP contribution in [0.3, 0.4) is 0 Å². The van der Waals surface area contributed by atoms with Crippen LogP contribution in [0.15, 0.2) is 108 Å². The fraction of sp³-hybridized carbons (Fsp3) is 0.506. The van der Waals surface area contributed by atoms with E-state index in [-0.39, 0.29) is 120 Å². The van der Waals surface area contributed by atoms with Crippen LogP contribution in [0.4, 0.5) is 39.0 Å². The number of nitrogens with two attached hydrogens (primary N) is 1. The van der Waals surface area contributed by atoms with Gasteiger partial charge >= 0.3 is 5.97 Å². The number of thiocarbonyl (C=S) groups is 3. The highest BCUT2D eigenvalue weighted by molar-refractivity contribution is 7.80. The van der Waals surface area contributed by atoms with E-state index in [1.54, 1.807) is 89.9 Å². The number of aromatic hydroxyl groups is 3. The summed E-state index contributed by atoms with van der Waals surface area (Å²) in [5.41, 5.74) is 17.1. The summed E-state index contributed by atoms with van der Waals surface area (Å²) in [5.74, 6) is -15.5. The summed E-state index contributed by atoms with van der Waals surface area (Å²) < 4.78 is 91.0. The Balaban J connectivity index is 1.12. The SMILES string of the molecule is N=N/C(=C\NCCCCNC(=O)CCC(CCC(=O)NCCCCN/C=C(\N)CCCCNC(=S)Nc1ccc(O)cc1)(CCC(=O)NCCCCn1cc(CCCCNC(=S)Nc2ccc(O)cc2)nn1)NC(=O)CCOCCOCCOCCC(=O)Oc1c(F)c(F)c(F)c(F)c1F)CCCCNC(=S)Nc1ccc(O)cc1. The first-order chi connectivity index (χ1) is 55.5. The second-order valence-corrected chi connectivity index (χ2v) is 27.9. The number of esters is 1. The van der Waals surface area contributed by atoms with E-state index in [1.807, 2.05) is 6.20 Å². The van der Waals surface area contributed by atoms with Crippen molar-refractivity contribution in [2.45, 2.75) is 160 Å². The molecule has 1 unspecified atom stereocenters. The van der Waals surface area contributed by atoms with Gasteiger partial charge < -0.3 is 104 Å². The van der Waals surface area contributed by atoms with Gasteiger partial charge in [-0.1, -0.05) is 5.21 Å². The van der Waals surface area contributed by atoms with Gasteiger partial charge in [0.2, 0.25) is 58.5 Å². The first-order valence-electron chi connectivity index (χ1n) is 38.4. The number of hydrogen-bond donors (Lipinski definition) is 17. The van der Waals surface area contributed by atoms with E-state index >= 15 is 0 Å². The van der Waals surface area contributed by atoms with E-state index in [0.717, 1.165) is 61.3 Å². The number of nitrogens with zero attached hydrogens (tertiary/aromatic N) is 4. The molecule has 1 heterocycles. The molecule has 5 rings (SSSR count). The Morgan fingerprint density at radius 1 is 0.470 bits per heavy atom. The summed E-state index contributed by atoms with van der Waals surface area (Å²) in [6.07, 6.45) is 15.3. The number of ether oxygens (including phenoxy) is 4. The molecule has 5 aromatic rings. The molecule has 0 radical (unpaired) electrons. The van der Waals surface area contributed by atoms with E-state index in [9.17, 15) is 61.2 Å². The molecule has 0 aliphatic rings. The maximum absolute atomic E-state index is 14.0. The molecule has 38 heteroatoms. The lowest BCUT2D eigenvalue weighted by Crippen LogP contribution is -2.50. The van der Waals surface area contributed by atoms with Crippen LogP contribution in [0.25, 0.3) is 0 Å². The summed E-state index contributed by atoms with van der Waals surface area (Å²) >= 11 is 16.1. The number of unbranched alkanes of at least 4 members (excludes halogenated alkanes) is 6. The summed E-state index contributed by atoms with van der Waals surface area (Å²) in [5, 5.41) is 79.4. The maximum Gasteiger partial charge on any atom is 0.313 e.